The minimum absolute atomic E-state index is 0.00944. The number of rotatable bonds is 5. The summed E-state index contributed by atoms with van der Waals surface area (Å²) >= 11 is 0. The molecule has 0 fully saturated rings. The van der Waals surface area contributed by atoms with Crippen molar-refractivity contribution in [3.8, 4) is 5.69 Å². The number of nitrogens with zero attached hydrogens (tertiary/aromatic N) is 4. The van der Waals surface area contributed by atoms with E-state index < -0.39 is 0 Å². The molecule has 0 spiro atoms. The van der Waals surface area contributed by atoms with E-state index in [4.69, 9.17) is 0 Å². The molecule has 0 aliphatic heterocycles. The standard InChI is InChI=1S/C24H31N5O/c1-16-19(17(2)28(5)27-16)11-12-23(30)26-21-13-24(3,4)14-22-20(21)15-25-29(22)18-9-7-6-8-10-18/h6-10,15,21H,11-14H2,1-5H3,(H,26,30)/t21-/m1/s1. The second-order valence-electron chi connectivity index (χ2n) is 9.23. The van der Waals surface area contributed by atoms with Crippen LogP contribution in [0.5, 0.6) is 0 Å². The summed E-state index contributed by atoms with van der Waals surface area (Å²) in [7, 11) is 1.95. The lowest BCUT2D eigenvalue weighted by Crippen LogP contribution is -2.36. The predicted octanol–water partition coefficient (Wildman–Crippen LogP) is 3.99. The fraction of sp³-hybridized carbons (Fsp3) is 0.458. The lowest BCUT2D eigenvalue weighted by molar-refractivity contribution is -0.122. The van der Waals surface area contributed by atoms with Crippen LogP contribution >= 0.6 is 0 Å². The van der Waals surface area contributed by atoms with Crippen molar-refractivity contribution in [2.75, 3.05) is 0 Å². The summed E-state index contributed by atoms with van der Waals surface area (Å²) in [5, 5.41) is 12.4. The lowest BCUT2D eigenvalue weighted by atomic mass is 9.74. The predicted molar refractivity (Wildman–Crippen MR) is 118 cm³/mol. The molecule has 1 amide bonds. The third kappa shape index (κ3) is 3.91. The average Bonchev–Trinajstić information content (AvgIpc) is 3.21. The zero-order valence-electron chi connectivity index (χ0n) is 18.6. The SMILES string of the molecule is Cc1nn(C)c(C)c1CCC(=O)N[C@@H]1CC(C)(C)Cc2c1cnn2-c1ccccc1. The third-order valence-corrected chi connectivity index (χ3v) is 6.28. The van der Waals surface area contributed by atoms with E-state index in [-0.39, 0.29) is 17.4 Å². The molecule has 30 heavy (non-hydrogen) atoms. The monoisotopic (exact) mass is 405 g/mol. The summed E-state index contributed by atoms with van der Waals surface area (Å²) in [6, 6.07) is 10.2. The maximum atomic E-state index is 12.8. The van der Waals surface area contributed by atoms with Gasteiger partial charge in [0.25, 0.3) is 0 Å². The number of carbonyl (C=O) groups is 1. The van der Waals surface area contributed by atoms with Gasteiger partial charge in [0, 0.05) is 24.7 Å². The second kappa shape index (κ2) is 7.74. The van der Waals surface area contributed by atoms with Crippen molar-refractivity contribution in [1.29, 1.82) is 0 Å². The second-order valence-corrected chi connectivity index (χ2v) is 9.23. The maximum absolute atomic E-state index is 12.8. The van der Waals surface area contributed by atoms with Crippen molar-refractivity contribution in [2.45, 2.75) is 59.4 Å². The van der Waals surface area contributed by atoms with E-state index in [1.165, 1.54) is 11.3 Å². The first-order chi connectivity index (χ1) is 14.2. The van der Waals surface area contributed by atoms with Gasteiger partial charge >= 0.3 is 0 Å². The van der Waals surface area contributed by atoms with Gasteiger partial charge in [-0.15, -0.1) is 0 Å². The van der Waals surface area contributed by atoms with Gasteiger partial charge in [0.2, 0.25) is 5.91 Å². The van der Waals surface area contributed by atoms with Crippen LogP contribution in [0.25, 0.3) is 5.69 Å². The number of amides is 1. The fourth-order valence-corrected chi connectivity index (χ4v) is 4.65. The molecule has 3 aromatic rings. The van der Waals surface area contributed by atoms with Gasteiger partial charge < -0.3 is 5.32 Å². The van der Waals surface area contributed by atoms with Gasteiger partial charge in [0.05, 0.1) is 29.3 Å². The van der Waals surface area contributed by atoms with Crippen LogP contribution in [-0.2, 0) is 24.7 Å². The molecular weight excluding hydrogens is 374 g/mol. The Kier molecular flexibility index (Phi) is 5.26. The molecule has 0 saturated carbocycles. The molecule has 1 aromatic carbocycles. The molecule has 2 aromatic heterocycles. The van der Waals surface area contributed by atoms with E-state index in [2.05, 4.69) is 48.4 Å². The van der Waals surface area contributed by atoms with Gasteiger partial charge in [-0.2, -0.15) is 10.2 Å². The Morgan fingerprint density at radius 2 is 1.97 bits per heavy atom. The van der Waals surface area contributed by atoms with E-state index >= 15 is 0 Å². The van der Waals surface area contributed by atoms with Crippen molar-refractivity contribution in [3.63, 3.8) is 0 Å². The van der Waals surface area contributed by atoms with Gasteiger partial charge in [-0.25, -0.2) is 4.68 Å². The van der Waals surface area contributed by atoms with E-state index in [0.717, 1.165) is 35.5 Å². The molecule has 0 saturated heterocycles. The molecule has 2 heterocycles. The van der Waals surface area contributed by atoms with Crippen molar-refractivity contribution >= 4 is 5.91 Å². The van der Waals surface area contributed by atoms with Crippen molar-refractivity contribution < 1.29 is 4.79 Å². The van der Waals surface area contributed by atoms with Crippen molar-refractivity contribution in [2.24, 2.45) is 12.5 Å². The number of para-hydroxylation sites is 1. The Morgan fingerprint density at radius 3 is 2.63 bits per heavy atom. The zero-order chi connectivity index (χ0) is 21.5. The Balaban J connectivity index is 1.52. The smallest absolute Gasteiger partial charge is 0.220 e. The van der Waals surface area contributed by atoms with Gasteiger partial charge in [-0.05, 0) is 56.2 Å². The molecule has 0 bridgehead atoms. The Hall–Kier alpha value is -2.89. The first-order valence-electron chi connectivity index (χ1n) is 10.7. The normalized spacial score (nSPS) is 17.6. The molecule has 6 nitrogen and oxygen atoms in total. The largest absolute Gasteiger partial charge is 0.349 e. The molecule has 4 rings (SSSR count). The molecule has 158 valence electrons. The Bertz CT molecular complexity index is 1060. The Labute approximate surface area is 178 Å². The van der Waals surface area contributed by atoms with Crippen molar-refractivity contribution in [1.82, 2.24) is 24.9 Å². The number of nitrogens with one attached hydrogen (secondary N) is 1. The van der Waals surface area contributed by atoms with Crippen LogP contribution in [0, 0.1) is 19.3 Å². The molecule has 0 unspecified atom stereocenters. The van der Waals surface area contributed by atoms with Crippen LogP contribution in [0.3, 0.4) is 0 Å². The minimum Gasteiger partial charge on any atom is -0.349 e. The van der Waals surface area contributed by atoms with Crippen molar-refractivity contribution in [3.05, 3.63) is 64.7 Å². The van der Waals surface area contributed by atoms with Gasteiger partial charge in [-0.1, -0.05) is 32.0 Å². The molecule has 1 aliphatic carbocycles. The van der Waals surface area contributed by atoms with Gasteiger partial charge in [0.1, 0.15) is 0 Å². The molecule has 1 N–H and O–H groups in total. The van der Waals surface area contributed by atoms with Gasteiger partial charge in [0.15, 0.2) is 0 Å². The minimum atomic E-state index is -0.00944. The zero-order valence-corrected chi connectivity index (χ0v) is 18.6. The summed E-state index contributed by atoms with van der Waals surface area (Å²) in [6.45, 7) is 8.59. The summed E-state index contributed by atoms with van der Waals surface area (Å²) in [4.78, 5) is 12.8. The first kappa shape index (κ1) is 20.4. The lowest BCUT2D eigenvalue weighted by Gasteiger charge is -2.36. The van der Waals surface area contributed by atoms with E-state index in [0.29, 0.717) is 12.8 Å². The van der Waals surface area contributed by atoms with Gasteiger partial charge in [-0.3, -0.25) is 9.48 Å². The number of aryl methyl sites for hydroxylation is 2. The highest BCUT2D eigenvalue weighted by Crippen LogP contribution is 2.41. The summed E-state index contributed by atoms with van der Waals surface area (Å²) in [5.41, 5.74) is 6.80. The molecule has 1 aliphatic rings. The highest BCUT2D eigenvalue weighted by Gasteiger charge is 2.36. The first-order valence-corrected chi connectivity index (χ1v) is 10.7. The summed E-state index contributed by atoms with van der Waals surface area (Å²) < 4.78 is 3.91. The van der Waals surface area contributed by atoms with Crippen LogP contribution in [0.15, 0.2) is 36.5 Å². The van der Waals surface area contributed by atoms with E-state index in [1.54, 1.807) is 0 Å². The van der Waals surface area contributed by atoms with E-state index in [1.807, 2.05) is 47.7 Å². The number of fused-ring (bicyclic) bond motifs is 1. The Morgan fingerprint density at radius 1 is 1.23 bits per heavy atom. The molecule has 0 radical (unpaired) electrons. The molecular formula is C24H31N5O. The maximum Gasteiger partial charge on any atom is 0.220 e. The summed E-state index contributed by atoms with van der Waals surface area (Å²) in [5.74, 6) is 0.0822. The van der Waals surface area contributed by atoms with Crippen LogP contribution in [0.1, 0.15) is 60.9 Å². The quantitative estimate of drug-likeness (QED) is 0.698. The van der Waals surface area contributed by atoms with Crippen LogP contribution in [0.2, 0.25) is 0 Å². The topological polar surface area (TPSA) is 64.7 Å². The van der Waals surface area contributed by atoms with Crippen LogP contribution in [-0.4, -0.2) is 25.5 Å². The number of hydrogen-bond acceptors (Lipinski definition) is 3. The molecule has 1 atom stereocenters. The average molecular weight is 406 g/mol. The van der Waals surface area contributed by atoms with E-state index in [9.17, 15) is 4.79 Å². The number of aromatic nitrogens is 4. The fourth-order valence-electron chi connectivity index (χ4n) is 4.65. The third-order valence-electron chi connectivity index (χ3n) is 6.28. The highest BCUT2D eigenvalue weighted by molar-refractivity contribution is 5.77. The summed E-state index contributed by atoms with van der Waals surface area (Å²) in [6.07, 6.45) is 4.96. The number of hydrogen-bond donors (Lipinski definition) is 1. The number of carbonyl (C=O) groups excluding carboxylic acids is 1. The van der Waals surface area contributed by atoms with Crippen LogP contribution in [0.4, 0.5) is 0 Å². The van der Waals surface area contributed by atoms with Crippen LogP contribution < -0.4 is 5.32 Å². The molecule has 6 heteroatoms. The highest BCUT2D eigenvalue weighted by atomic mass is 16.1. The number of benzene rings is 1.